The topological polar surface area (TPSA) is 9.23 Å². The van der Waals surface area contributed by atoms with Crippen molar-refractivity contribution in [2.45, 2.75) is 64.1 Å². The second kappa shape index (κ2) is 3.52. The van der Waals surface area contributed by atoms with Crippen LogP contribution in [0.5, 0.6) is 0 Å². The molecule has 3 fully saturated rings. The lowest BCUT2D eigenvalue weighted by Gasteiger charge is -2.38. The summed E-state index contributed by atoms with van der Waals surface area (Å²) in [4.78, 5) is 0. The van der Waals surface area contributed by atoms with Gasteiger partial charge < -0.3 is 4.74 Å². The maximum absolute atomic E-state index is 6.27. The molecule has 3 rings (SSSR count). The second-order valence-corrected chi connectivity index (χ2v) is 5.87. The van der Waals surface area contributed by atoms with Crippen LogP contribution in [-0.2, 0) is 4.74 Å². The lowest BCUT2D eigenvalue weighted by Crippen LogP contribution is -2.35. The molecular formula is C13H22O. The Hall–Kier alpha value is -0.0400. The first kappa shape index (κ1) is 9.21. The molecule has 0 amide bonds. The molecule has 1 saturated heterocycles. The van der Waals surface area contributed by atoms with E-state index >= 15 is 0 Å². The summed E-state index contributed by atoms with van der Waals surface area (Å²) in [5.41, 5.74) is 0. The standard InChI is InChI=1S/C13H22O/c1-9-2-3-11-6-10-4-5-12(7-10)14-13(9)8-11/h9-13H,2-8H2,1H3. The molecule has 0 aromatic rings. The molecule has 0 aromatic carbocycles. The van der Waals surface area contributed by atoms with Crippen LogP contribution < -0.4 is 0 Å². The van der Waals surface area contributed by atoms with Crippen LogP contribution >= 0.6 is 0 Å². The molecule has 0 aromatic heterocycles. The van der Waals surface area contributed by atoms with Crippen molar-refractivity contribution in [1.82, 2.24) is 0 Å². The van der Waals surface area contributed by atoms with Gasteiger partial charge in [-0.2, -0.15) is 0 Å². The van der Waals surface area contributed by atoms with E-state index in [1.165, 1.54) is 44.9 Å². The van der Waals surface area contributed by atoms with Gasteiger partial charge in [-0.25, -0.2) is 0 Å². The zero-order valence-electron chi connectivity index (χ0n) is 9.24. The summed E-state index contributed by atoms with van der Waals surface area (Å²) in [7, 11) is 0. The van der Waals surface area contributed by atoms with Crippen molar-refractivity contribution < 1.29 is 4.74 Å². The monoisotopic (exact) mass is 194 g/mol. The molecule has 3 aliphatic rings. The first-order chi connectivity index (χ1) is 6.81. The molecule has 5 atom stereocenters. The van der Waals surface area contributed by atoms with Crippen molar-refractivity contribution in [2.24, 2.45) is 17.8 Å². The molecule has 1 heteroatoms. The quantitative estimate of drug-likeness (QED) is 0.574. The Bertz CT molecular complexity index is 213. The molecule has 0 N–H and O–H groups in total. The molecule has 1 nitrogen and oxygen atoms in total. The summed E-state index contributed by atoms with van der Waals surface area (Å²) in [5.74, 6) is 2.84. The van der Waals surface area contributed by atoms with E-state index in [0.29, 0.717) is 12.2 Å². The minimum Gasteiger partial charge on any atom is -0.375 e. The Morgan fingerprint density at radius 3 is 2.57 bits per heavy atom. The largest absolute Gasteiger partial charge is 0.375 e. The molecule has 80 valence electrons. The average molecular weight is 194 g/mol. The first-order valence-electron chi connectivity index (χ1n) is 6.46. The van der Waals surface area contributed by atoms with Crippen LogP contribution in [0.15, 0.2) is 0 Å². The zero-order chi connectivity index (χ0) is 9.54. The average Bonchev–Trinajstić information content (AvgIpc) is 2.57. The van der Waals surface area contributed by atoms with E-state index < -0.39 is 0 Å². The summed E-state index contributed by atoms with van der Waals surface area (Å²) in [6.07, 6.45) is 11.2. The van der Waals surface area contributed by atoms with Gasteiger partial charge >= 0.3 is 0 Å². The van der Waals surface area contributed by atoms with Gasteiger partial charge in [-0.15, -0.1) is 0 Å². The van der Waals surface area contributed by atoms with Gasteiger partial charge in [0.15, 0.2) is 0 Å². The van der Waals surface area contributed by atoms with Gasteiger partial charge in [0.05, 0.1) is 12.2 Å². The van der Waals surface area contributed by atoms with E-state index in [1.807, 2.05) is 0 Å². The van der Waals surface area contributed by atoms with E-state index in [0.717, 1.165) is 17.8 Å². The Kier molecular flexibility index (Phi) is 2.31. The van der Waals surface area contributed by atoms with Crippen molar-refractivity contribution in [3.05, 3.63) is 0 Å². The number of fused-ring (bicyclic) bond motifs is 4. The molecule has 2 aliphatic carbocycles. The van der Waals surface area contributed by atoms with Gasteiger partial charge in [-0.05, 0) is 62.7 Å². The van der Waals surface area contributed by atoms with Crippen LogP contribution in [-0.4, -0.2) is 12.2 Å². The molecule has 2 saturated carbocycles. The fraction of sp³-hybridized carbons (Fsp3) is 1.00. The minimum absolute atomic E-state index is 0.609. The van der Waals surface area contributed by atoms with Crippen LogP contribution in [0.3, 0.4) is 0 Å². The molecule has 0 spiro atoms. The maximum atomic E-state index is 6.27. The Morgan fingerprint density at radius 2 is 1.64 bits per heavy atom. The third kappa shape index (κ3) is 1.60. The summed E-state index contributed by atoms with van der Waals surface area (Å²) in [6, 6.07) is 0. The Balaban J connectivity index is 1.76. The smallest absolute Gasteiger partial charge is 0.0607 e. The van der Waals surface area contributed by atoms with E-state index in [4.69, 9.17) is 4.74 Å². The summed E-state index contributed by atoms with van der Waals surface area (Å²) in [6.45, 7) is 2.38. The fourth-order valence-electron chi connectivity index (χ4n) is 3.85. The Morgan fingerprint density at radius 1 is 0.857 bits per heavy atom. The van der Waals surface area contributed by atoms with Gasteiger partial charge in [-0.3, -0.25) is 0 Å². The molecule has 1 heterocycles. The normalized spacial score (nSPS) is 52.5. The lowest BCUT2D eigenvalue weighted by molar-refractivity contribution is -0.0748. The summed E-state index contributed by atoms with van der Waals surface area (Å²) in [5, 5.41) is 0. The highest BCUT2D eigenvalue weighted by Crippen LogP contribution is 2.43. The summed E-state index contributed by atoms with van der Waals surface area (Å²) >= 11 is 0. The van der Waals surface area contributed by atoms with E-state index in [-0.39, 0.29) is 0 Å². The van der Waals surface area contributed by atoms with E-state index in [9.17, 15) is 0 Å². The van der Waals surface area contributed by atoms with Gasteiger partial charge in [0.2, 0.25) is 0 Å². The Labute approximate surface area is 87.2 Å². The van der Waals surface area contributed by atoms with Crippen LogP contribution in [0, 0.1) is 17.8 Å². The molecule has 14 heavy (non-hydrogen) atoms. The van der Waals surface area contributed by atoms with E-state index in [2.05, 4.69) is 6.92 Å². The van der Waals surface area contributed by atoms with Crippen molar-refractivity contribution in [3.8, 4) is 0 Å². The first-order valence-corrected chi connectivity index (χ1v) is 6.46. The van der Waals surface area contributed by atoms with E-state index in [1.54, 1.807) is 0 Å². The highest BCUT2D eigenvalue weighted by Gasteiger charge is 2.37. The van der Waals surface area contributed by atoms with Gasteiger partial charge in [-0.1, -0.05) is 6.92 Å². The third-order valence-corrected chi connectivity index (χ3v) is 4.76. The molecule has 4 bridgehead atoms. The molecule has 0 radical (unpaired) electrons. The van der Waals surface area contributed by atoms with Crippen molar-refractivity contribution >= 4 is 0 Å². The number of hydrogen-bond acceptors (Lipinski definition) is 1. The van der Waals surface area contributed by atoms with Crippen molar-refractivity contribution in [3.63, 3.8) is 0 Å². The predicted molar refractivity (Wildman–Crippen MR) is 57.1 cm³/mol. The minimum atomic E-state index is 0.609. The number of hydrogen-bond donors (Lipinski definition) is 0. The highest BCUT2D eigenvalue weighted by molar-refractivity contribution is 4.87. The van der Waals surface area contributed by atoms with Crippen molar-refractivity contribution in [2.75, 3.05) is 0 Å². The van der Waals surface area contributed by atoms with Crippen molar-refractivity contribution in [1.29, 1.82) is 0 Å². The SMILES string of the molecule is CC1CCC2CC3CCC(C3)OC1C2. The highest BCUT2D eigenvalue weighted by atomic mass is 16.5. The number of ether oxygens (including phenoxy) is 1. The number of rotatable bonds is 0. The summed E-state index contributed by atoms with van der Waals surface area (Å²) < 4.78 is 6.27. The van der Waals surface area contributed by atoms with Gasteiger partial charge in [0.1, 0.15) is 0 Å². The van der Waals surface area contributed by atoms with Crippen LogP contribution in [0.25, 0.3) is 0 Å². The van der Waals surface area contributed by atoms with Gasteiger partial charge in [0.25, 0.3) is 0 Å². The van der Waals surface area contributed by atoms with Crippen LogP contribution in [0.4, 0.5) is 0 Å². The fourth-order valence-corrected chi connectivity index (χ4v) is 3.85. The van der Waals surface area contributed by atoms with Crippen LogP contribution in [0.2, 0.25) is 0 Å². The van der Waals surface area contributed by atoms with Crippen LogP contribution in [0.1, 0.15) is 51.9 Å². The lowest BCUT2D eigenvalue weighted by atomic mass is 9.76. The predicted octanol–water partition coefficient (Wildman–Crippen LogP) is 3.38. The third-order valence-electron chi connectivity index (χ3n) is 4.76. The second-order valence-electron chi connectivity index (χ2n) is 5.87. The molecular weight excluding hydrogens is 172 g/mol. The maximum Gasteiger partial charge on any atom is 0.0607 e. The molecule has 5 unspecified atom stereocenters. The zero-order valence-corrected chi connectivity index (χ0v) is 9.24. The van der Waals surface area contributed by atoms with Gasteiger partial charge in [0, 0.05) is 0 Å². The molecule has 1 aliphatic heterocycles.